The number of rotatable bonds is 4. The molecule has 2 amide bonds. The van der Waals surface area contributed by atoms with E-state index >= 15 is 0 Å². The van der Waals surface area contributed by atoms with Crippen molar-refractivity contribution in [1.29, 1.82) is 0 Å². The van der Waals surface area contributed by atoms with E-state index in [9.17, 15) is 9.59 Å². The molecule has 0 bridgehead atoms. The van der Waals surface area contributed by atoms with Gasteiger partial charge in [-0.2, -0.15) is 0 Å². The van der Waals surface area contributed by atoms with Crippen LogP contribution in [0.1, 0.15) is 26.6 Å². The second-order valence-corrected chi connectivity index (χ2v) is 7.02. The van der Waals surface area contributed by atoms with E-state index in [4.69, 9.17) is 4.42 Å². The highest BCUT2D eigenvalue weighted by molar-refractivity contribution is 6.02. The first-order chi connectivity index (χ1) is 14.7. The van der Waals surface area contributed by atoms with Crippen molar-refractivity contribution < 1.29 is 14.0 Å². The molecule has 5 rings (SSSR count). The summed E-state index contributed by atoms with van der Waals surface area (Å²) in [7, 11) is 0. The number of fused-ring (bicyclic) bond motifs is 1. The smallest absolute Gasteiger partial charge is 0.291 e. The predicted molar refractivity (Wildman–Crippen MR) is 112 cm³/mol. The Morgan fingerprint density at radius 1 is 1.07 bits per heavy atom. The second kappa shape index (κ2) is 7.36. The maximum Gasteiger partial charge on any atom is 0.291 e. The van der Waals surface area contributed by atoms with Crippen LogP contribution < -0.4 is 10.6 Å². The average molecular weight is 398 g/mol. The standard InChI is InChI=1S/C23H18N4O3/c28-22-17-13-20(27-18(17)7-9-25-22)15-6-8-24-19(12-15)14-3-1-4-16(11-14)26-23(29)21-5-2-10-30-21/h1-6,8,10-13,27H,7,9H2,(H,25,28)(H,26,29). The molecule has 1 aliphatic rings. The number of benzene rings is 1. The van der Waals surface area contributed by atoms with E-state index in [0.29, 0.717) is 17.8 Å². The van der Waals surface area contributed by atoms with Gasteiger partial charge < -0.3 is 20.0 Å². The molecule has 0 aliphatic carbocycles. The highest BCUT2D eigenvalue weighted by atomic mass is 16.3. The van der Waals surface area contributed by atoms with Crippen LogP contribution in [0.15, 0.2) is 71.5 Å². The van der Waals surface area contributed by atoms with Gasteiger partial charge in [0.2, 0.25) is 0 Å². The lowest BCUT2D eigenvalue weighted by atomic mass is 10.1. The summed E-state index contributed by atoms with van der Waals surface area (Å²) in [5.74, 6) is -0.109. The Hall–Kier alpha value is -4.13. The molecule has 4 heterocycles. The van der Waals surface area contributed by atoms with Crippen LogP contribution in [-0.2, 0) is 6.42 Å². The Bertz CT molecular complexity index is 1240. The molecule has 3 N–H and O–H groups in total. The molecule has 0 saturated heterocycles. The molecule has 1 aliphatic heterocycles. The third-order valence-corrected chi connectivity index (χ3v) is 5.04. The van der Waals surface area contributed by atoms with E-state index in [1.165, 1.54) is 6.26 Å². The van der Waals surface area contributed by atoms with Crippen molar-refractivity contribution in [1.82, 2.24) is 15.3 Å². The molecule has 3 aromatic heterocycles. The summed E-state index contributed by atoms with van der Waals surface area (Å²) in [5.41, 5.74) is 5.73. The van der Waals surface area contributed by atoms with Gasteiger partial charge in [0, 0.05) is 47.4 Å². The zero-order valence-corrected chi connectivity index (χ0v) is 15.9. The van der Waals surface area contributed by atoms with E-state index in [-0.39, 0.29) is 17.6 Å². The first kappa shape index (κ1) is 17.9. The van der Waals surface area contributed by atoms with Crippen LogP contribution in [0.2, 0.25) is 0 Å². The number of anilines is 1. The van der Waals surface area contributed by atoms with Crippen LogP contribution in [0.4, 0.5) is 5.69 Å². The first-order valence-corrected chi connectivity index (χ1v) is 9.59. The minimum absolute atomic E-state index is 0.0481. The third kappa shape index (κ3) is 3.37. The maximum atomic E-state index is 12.2. The number of nitrogens with one attached hydrogen (secondary N) is 3. The van der Waals surface area contributed by atoms with E-state index in [2.05, 4.69) is 20.6 Å². The zero-order valence-electron chi connectivity index (χ0n) is 15.9. The number of carbonyl (C=O) groups is 2. The Morgan fingerprint density at radius 3 is 2.83 bits per heavy atom. The number of aromatic nitrogens is 2. The zero-order chi connectivity index (χ0) is 20.5. The van der Waals surface area contributed by atoms with Gasteiger partial charge in [-0.25, -0.2) is 0 Å². The first-order valence-electron chi connectivity index (χ1n) is 9.59. The highest BCUT2D eigenvalue weighted by Gasteiger charge is 2.20. The molecule has 0 saturated carbocycles. The Labute approximate surface area is 172 Å². The molecule has 30 heavy (non-hydrogen) atoms. The molecule has 1 aromatic carbocycles. The molecule has 148 valence electrons. The van der Waals surface area contributed by atoms with Crippen LogP contribution in [0.25, 0.3) is 22.5 Å². The lowest BCUT2D eigenvalue weighted by molar-refractivity contribution is 0.0945. The SMILES string of the molecule is O=C(Nc1cccc(-c2cc(-c3cc4c([nH]3)CCNC4=O)ccn2)c1)c1ccco1. The molecule has 0 unspecified atom stereocenters. The van der Waals surface area contributed by atoms with Gasteiger partial charge in [0.05, 0.1) is 17.5 Å². The minimum atomic E-state index is -0.311. The average Bonchev–Trinajstić information content (AvgIpc) is 3.45. The van der Waals surface area contributed by atoms with Gasteiger partial charge in [-0.05, 0) is 42.5 Å². The van der Waals surface area contributed by atoms with Gasteiger partial charge in [-0.15, -0.1) is 0 Å². The maximum absolute atomic E-state index is 12.2. The summed E-state index contributed by atoms with van der Waals surface area (Å²) in [4.78, 5) is 32.1. The highest BCUT2D eigenvalue weighted by Crippen LogP contribution is 2.28. The topological polar surface area (TPSA) is 100 Å². The minimum Gasteiger partial charge on any atom is -0.459 e. The van der Waals surface area contributed by atoms with Crippen LogP contribution >= 0.6 is 0 Å². The summed E-state index contributed by atoms with van der Waals surface area (Å²) in [6, 6.07) is 16.5. The number of nitrogens with zero attached hydrogens (tertiary/aromatic N) is 1. The number of furan rings is 1. The lowest BCUT2D eigenvalue weighted by Gasteiger charge is -2.11. The van der Waals surface area contributed by atoms with E-state index < -0.39 is 0 Å². The Balaban J connectivity index is 1.43. The fourth-order valence-corrected chi connectivity index (χ4v) is 3.56. The summed E-state index contributed by atoms with van der Waals surface area (Å²) in [6.45, 7) is 0.643. The number of aromatic amines is 1. The van der Waals surface area contributed by atoms with Crippen LogP contribution in [0.3, 0.4) is 0 Å². The molecule has 0 radical (unpaired) electrons. The predicted octanol–water partition coefficient (Wildman–Crippen LogP) is 3.87. The van der Waals surface area contributed by atoms with Crippen molar-refractivity contribution in [2.75, 3.05) is 11.9 Å². The Kier molecular flexibility index (Phi) is 4.40. The quantitative estimate of drug-likeness (QED) is 0.486. The van der Waals surface area contributed by atoms with Crippen molar-refractivity contribution in [2.24, 2.45) is 0 Å². The molecule has 7 nitrogen and oxygen atoms in total. The number of hydrogen-bond acceptors (Lipinski definition) is 4. The van der Waals surface area contributed by atoms with Crippen LogP contribution in [0.5, 0.6) is 0 Å². The van der Waals surface area contributed by atoms with E-state index in [1.54, 1.807) is 18.3 Å². The lowest BCUT2D eigenvalue weighted by Crippen LogP contribution is -2.31. The summed E-state index contributed by atoms with van der Waals surface area (Å²) in [5, 5.41) is 5.69. The Morgan fingerprint density at radius 2 is 2.00 bits per heavy atom. The normalized spacial score (nSPS) is 12.9. The fraction of sp³-hybridized carbons (Fsp3) is 0.0870. The van der Waals surface area contributed by atoms with Gasteiger partial charge in [0.1, 0.15) is 0 Å². The van der Waals surface area contributed by atoms with Gasteiger partial charge in [-0.1, -0.05) is 12.1 Å². The number of pyridine rings is 1. The fourth-order valence-electron chi connectivity index (χ4n) is 3.56. The van der Waals surface area contributed by atoms with Crippen molar-refractivity contribution in [3.8, 4) is 22.5 Å². The van der Waals surface area contributed by atoms with Crippen LogP contribution in [0, 0.1) is 0 Å². The third-order valence-electron chi connectivity index (χ3n) is 5.04. The summed E-state index contributed by atoms with van der Waals surface area (Å²) >= 11 is 0. The second-order valence-electron chi connectivity index (χ2n) is 7.02. The number of H-pyrrole nitrogens is 1. The molecular formula is C23H18N4O3. The number of amides is 2. The van der Waals surface area contributed by atoms with Gasteiger partial charge >= 0.3 is 0 Å². The van der Waals surface area contributed by atoms with Crippen molar-refractivity contribution in [3.63, 3.8) is 0 Å². The monoisotopic (exact) mass is 398 g/mol. The number of hydrogen-bond donors (Lipinski definition) is 3. The van der Waals surface area contributed by atoms with E-state index in [1.807, 2.05) is 42.5 Å². The summed E-state index contributed by atoms with van der Waals surface area (Å²) < 4.78 is 5.13. The summed E-state index contributed by atoms with van der Waals surface area (Å²) in [6.07, 6.45) is 3.98. The van der Waals surface area contributed by atoms with Crippen molar-refractivity contribution >= 4 is 17.5 Å². The molecule has 0 spiro atoms. The van der Waals surface area contributed by atoms with E-state index in [0.717, 1.165) is 34.6 Å². The van der Waals surface area contributed by atoms with Gasteiger partial charge in [0.25, 0.3) is 11.8 Å². The molecule has 4 aromatic rings. The molecule has 0 fully saturated rings. The molecule has 0 atom stereocenters. The van der Waals surface area contributed by atoms with Gasteiger partial charge in [0.15, 0.2) is 5.76 Å². The van der Waals surface area contributed by atoms with Crippen molar-refractivity contribution in [2.45, 2.75) is 6.42 Å². The number of carbonyl (C=O) groups excluding carboxylic acids is 2. The molecular weight excluding hydrogens is 380 g/mol. The van der Waals surface area contributed by atoms with Gasteiger partial charge in [-0.3, -0.25) is 14.6 Å². The largest absolute Gasteiger partial charge is 0.459 e. The molecule has 7 heteroatoms. The van der Waals surface area contributed by atoms with Crippen LogP contribution in [-0.4, -0.2) is 28.3 Å². The van der Waals surface area contributed by atoms with Crippen molar-refractivity contribution in [3.05, 3.63) is 84.1 Å².